The Morgan fingerprint density at radius 2 is 2.00 bits per heavy atom. The van der Waals surface area contributed by atoms with Crippen molar-refractivity contribution in [1.29, 1.82) is 0 Å². The second-order valence-corrected chi connectivity index (χ2v) is 7.66. The molecular weight excluding hydrogens is 318 g/mol. The molecule has 0 radical (unpaired) electrons. The molecule has 1 aromatic heterocycles. The van der Waals surface area contributed by atoms with Crippen LogP contribution in [0.5, 0.6) is 0 Å². The Balaban J connectivity index is 1.42. The van der Waals surface area contributed by atoms with E-state index in [9.17, 15) is 13.6 Å². The highest BCUT2D eigenvalue weighted by Gasteiger charge is 2.84. The number of alkyl halides is 2. The number of hydrogen-bond acceptors (Lipinski definition) is 5. The first-order valence-electron chi connectivity index (χ1n) is 8.54. The van der Waals surface area contributed by atoms with Gasteiger partial charge < -0.3 is 10.5 Å². The zero-order chi connectivity index (χ0) is 16.7. The van der Waals surface area contributed by atoms with Crippen LogP contribution < -0.4 is 11.4 Å². The lowest BCUT2D eigenvalue weighted by Gasteiger charge is -2.20. The number of rotatable bonds is 2. The highest BCUT2D eigenvalue weighted by atomic mass is 19.3. The van der Waals surface area contributed by atoms with E-state index in [1.165, 1.54) is 16.8 Å². The summed E-state index contributed by atoms with van der Waals surface area (Å²) in [6.07, 6.45) is 4.28. The van der Waals surface area contributed by atoms with Gasteiger partial charge in [0.05, 0.1) is 11.6 Å². The summed E-state index contributed by atoms with van der Waals surface area (Å²) in [7, 11) is 0. The Hall–Kier alpha value is -1.54. The minimum absolute atomic E-state index is 0.0952. The Kier molecular flexibility index (Phi) is 2.68. The predicted octanol–water partition coefficient (Wildman–Crippen LogP) is 1.17. The lowest BCUT2D eigenvalue weighted by Crippen LogP contribution is -2.36. The van der Waals surface area contributed by atoms with E-state index in [1.54, 1.807) is 0 Å². The zero-order valence-corrected chi connectivity index (χ0v) is 13.3. The summed E-state index contributed by atoms with van der Waals surface area (Å²) in [5, 5.41) is 0. The number of anilines is 1. The maximum absolute atomic E-state index is 14.8. The number of nitrogen functional groups attached to an aromatic ring is 1. The summed E-state index contributed by atoms with van der Waals surface area (Å²) in [4.78, 5) is 17.9. The highest BCUT2D eigenvalue weighted by Crippen LogP contribution is 2.72. The van der Waals surface area contributed by atoms with Crippen molar-refractivity contribution in [3.63, 3.8) is 0 Å². The third-order valence-corrected chi connectivity index (χ3v) is 6.16. The number of ether oxygens (including phenoxy) is 1. The molecule has 0 bridgehead atoms. The monoisotopic (exact) mass is 338 g/mol. The molecule has 4 aliphatic rings. The molecule has 130 valence electrons. The van der Waals surface area contributed by atoms with Crippen LogP contribution in [-0.2, 0) is 4.74 Å². The van der Waals surface area contributed by atoms with Crippen LogP contribution >= 0.6 is 0 Å². The number of nitrogens with zero attached hydrogens (tertiary/aromatic N) is 3. The summed E-state index contributed by atoms with van der Waals surface area (Å²) in [6, 6.07) is 0.903. The van der Waals surface area contributed by atoms with Gasteiger partial charge >= 0.3 is 5.69 Å². The van der Waals surface area contributed by atoms with Crippen LogP contribution in [0, 0.1) is 0 Å². The maximum atomic E-state index is 14.8. The summed E-state index contributed by atoms with van der Waals surface area (Å²) in [6.45, 7) is 1.94. The van der Waals surface area contributed by atoms with E-state index in [-0.39, 0.29) is 24.7 Å². The summed E-state index contributed by atoms with van der Waals surface area (Å²) in [5.74, 6) is -2.83. The van der Waals surface area contributed by atoms with E-state index in [2.05, 4.69) is 9.88 Å². The molecule has 5 rings (SSSR count). The van der Waals surface area contributed by atoms with E-state index < -0.39 is 28.9 Å². The third-order valence-electron chi connectivity index (χ3n) is 6.16. The number of nitrogens with two attached hydrogens (primary N) is 1. The van der Waals surface area contributed by atoms with Crippen LogP contribution in [-0.4, -0.2) is 50.7 Å². The quantitative estimate of drug-likeness (QED) is 0.876. The maximum Gasteiger partial charge on any atom is 0.349 e. The van der Waals surface area contributed by atoms with Crippen LogP contribution in [0.3, 0.4) is 0 Å². The van der Waals surface area contributed by atoms with Crippen LogP contribution in [0.25, 0.3) is 0 Å². The van der Waals surface area contributed by atoms with Crippen LogP contribution in [0.1, 0.15) is 38.1 Å². The van der Waals surface area contributed by atoms with Gasteiger partial charge in [-0.05, 0) is 38.4 Å². The minimum Gasteiger partial charge on any atom is -0.383 e. The first kappa shape index (κ1) is 14.8. The Morgan fingerprint density at radius 3 is 2.71 bits per heavy atom. The first-order chi connectivity index (χ1) is 11.4. The second-order valence-electron chi connectivity index (χ2n) is 7.66. The lowest BCUT2D eigenvalue weighted by molar-refractivity contribution is -0.106. The van der Waals surface area contributed by atoms with Crippen molar-refractivity contribution in [2.75, 3.05) is 18.8 Å². The first-order valence-corrected chi connectivity index (χ1v) is 8.54. The van der Waals surface area contributed by atoms with Gasteiger partial charge in [0.15, 0.2) is 5.60 Å². The SMILES string of the molecule is Nc1ccn(C2CC23O[C@]2(C[C@@H]2N2CCCC2)CC3(F)F)c(=O)n1. The minimum atomic E-state index is -2.92. The van der Waals surface area contributed by atoms with Crippen LogP contribution in [0.15, 0.2) is 17.1 Å². The molecule has 1 aromatic rings. The fourth-order valence-electron chi connectivity index (χ4n) is 4.80. The van der Waals surface area contributed by atoms with Crippen LogP contribution in [0.2, 0.25) is 0 Å². The highest BCUT2D eigenvalue weighted by molar-refractivity contribution is 5.31. The largest absolute Gasteiger partial charge is 0.383 e. The number of hydrogen-bond donors (Lipinski definition) is 1. The summed E-state index contributed by atoms with van der Waals surface area (Å²) >= 11 is 0. The van der Waals surface area contributed by atoms with Crippen LogP contribution in [0.4, 0.5) is 14.6 Å². The molecule has 2 unspecified atom stereocenters. The molecule has 6 nitrogen and oxygen atoms in total. The number of halogens is 2. The van der Waals surface area contributed by atoms with Gasteiger partial charge in [-0.25, -0.2) is 13.6 Å². The van der Waals surface area contributed by atoms with Gasteiger partial charge in [-0.1, -0.05) is 0 Å². The number of aromatic nitrogens is 2. The third kappa shape index (κ3) is 1.81. The standard InChI is InChI=1S/C16H20F2N4O2/c17-16(18)9-14(7-10(14)21-4-1-2-5-21)24-15(16)8-11(15)22-6-3-12(19)20-13(22)23/h3,6,10-11H,1-2,4-5,7-9H2,(H2,19,20,23)/t10-,11?,14+,15?/m0/s1. The van der Waals surface area contributed by atoms with E-state index in [4.69, 9.17) is 10.5 Å². The van der Waals surface area contributed by atoms with Gasteiger partial charge in [-0.15, -0.1) is 0 Å². The van der Waals surface area contributed by atoms with Gasteiger partial charge in [-0.3, -0.25) is 9.47 Å². The van der Waals surface area contributed by atoms with E-state index >= 15 is 0 Å². The van der Waals surface area contributed by atoms with Crippen molar-refractivity contribution >= 4 is 5.82 Å². The zero-order valence-electron chi connectivity index (χ0n) is 13.3. The molecular formula is C16H20F2N4O2. The topological polar surface area (TPSA) is 73.4 Å². The fraction of sp³-hybridized carbons (Fsp3) is 0.750. The molecule has 2 N–H and O–H groups in total. The van der Waals surface area contributed by atoms with Crippen molar-refractivity contribution < 1.29 is 13.5 Å². The van der Waals surface area contributed by atoms with Crippen molar-refractivity contribution in [1.82, 2.24) is 14.5 Å². The van der Waals surface area contributed by atoms with Crippen molar-refractivity contribution in [2.45, 2.75) is 61.3 Å². The number of likely N-dealkylation sites (tertiary alicyclic amines) is 1. The second kappa shape index (κ2) is 4.35. The Bertz CT molecular complexity index is 763. The van der Waals surface area contributed by atoms with Crippen molar-refractivity contribution in [3.8, 4) is 0 Å². The van der Waals surface area contributed by atoms with Crippen molar-refractivity contribution in [3.05, 3.63) is 22.7 Å². The lowest BCUT2D eigenvalue weighted by atomic mass is 10.1. The van der Waals surface area contributed by atoms with E-state index in [1.807, 2.05) is 0 Å². The molecule has 24 heavy (non-hydrogen) atoms. The van der Waals surface area contributed by atoms with Gasteiger partial charge in [0, 0.05) is 25.1 Å². The molecule has 4 fully saturated rings. The van der Waals surface area contributed by atoms with Crippen molar-refractivity contribution in [2.24, 2.45) is 0 Å². The summed E-state index contributed by atoms with van der Waals surface area (Å²) in [5.41, 5.74) is 2.60. The normalized spacial score (nSPS) is 42.9. The average Bonchev–Trinajstić information content (AvgIpc) is 3.27. The van der Waals surface area contributed by atoms with E-state index in [0.717, 1.165) is 25.9 Å². The molecule has 0 amide bonds. The Labute approximate surface area is 137 Å². The molecule has 4 atom stereocenters. The molecule has 0 aromatic carbocycles. The molecule has 2 spiro atoms. The van der Waals surface area contributed by atoms with E-state index in [0.29, 0.717) is 6.42 Å². The van der Waals surface area contributed by atoms with Gasteiger partial charge in [0.1, 0.15) is 5.82 Å². The fourth-order valence-corrected chi connectivity index (χ4v) is 4.80. The molecule has 2 saturated heterocycles. The van der Waals surface area contributed by atoms with Gasteiger partial charge in [0.25, 0.3) is 5.92 Å². The molecule has 3 heterocycles. The van der Waals surface area contributed by atoms with Gasteiger partial charge in [0.2, 0.25) is 0 Å². The predicted molar refractivity (Wildman–Crippen MR) is 81.9 cm³/mol. The summed E-state index contributed by atoms with van der Waals surface area (Å²) < 4.78 is 36.9. The average molecular weight is 338 g/mol. The molecule has 8 heteroatoms. The smallest absolute Gasteiger partial charge is 0.349 e. The molecule has 2 aliphatic heterocycles. The molecule has 2 saturated carbocycles. The molecule has 2 aliphatic carbocycles. The Morgan fingerprint density at radius 1 is 1.25 bits per heavy atom. The van der Waals surface area contributed by atoms with Gasteiger partial charge in [-0.2, -0.15) is 4.98 Å².